The number of rotatable bonds is 4. The molecule has 4 rings (SSSR count). The number of amidine groups is 1. The average molecular weight is 378 g/mol. The first kappa shape index (κ1) is 17.6. The van der Waals surface area contributed by atoms with Crippen molar-refractivity contribution in [3.8, 4) is 17.4 Å². The zero-order valence-corrected chi connectivity index (χ0v) is 14.8. The Balaban J connectivity index is 1.77. The molecule has 0 radical (unpaired) electrons. The van der Waals surface area contributed by atoms with Crippen molar-refractivity contribution < 1.29 is 18.7 Å². The van der Waals surface area contributed by atoms with Crippen LogP contribution >= 0.6 is 0 Å². The Kier molecular flexibility index (Phi) is 4.67. The molecule has 0 saturated heterocycles. The van der Waals surface area contributed by atoms with Crippen LogP contribution in [0.5, 0.6) is 17.4 Å². The summed E-state index contributed by atoms with van der Waals surface area (Å²) in [5, 5.41) is 2.67. The molecule has 1 aliphatic rings. The molecule has 2 aromatic carbocycles. The van der Waals surface area contributed by atoms with Crippen LogP contribution in [0.2, 0.25) is 0 Å². The summed E-state index contributed by atoms with van der Waals surface area (Å²) in [6, 6.07) is 10.9. The number of nitrogens with one attached hydrogen (secondary N) is 1. The highest BCUT2D eigenvalue weighted by molar-refractivity contribution is 6.11. The lowest BCUT2D eigenvalue weighted by molar-refractivity contribution is 0.0969. The molecule has 140 valence electrons. The third-order valence-corrected chi connectivity index (χ3v) is 3.97. The molecular weight excluding hydrogens is 363 g/mol. The van der Waals surface area contributed by atoms with Crippen molar-refractivity contribution in [2.75, 3.05) is 13.7 Å². The van der Waals surface area contributed by atoms with Crippen LogP contribution in [0.1, 0.15) is 10.5 Å². The second-order valence-electron chi connectivity index (χ2n) is 5.85. The number of para-hydroxylation sites is 2. The van der Waals surface area contributed by atoms with E-state index in [2.05, 4.69) is 20.3 Å². The molecule has 1 aromatic heterocycles. The van der Waals surface area contributed by atoms with Crippen molar-refractivity contribution in [1.82, 2.24) is 15.3 Å². The first-order chi connectivity index (χ1) is 13.6. The van der Waals surface area contributed by atoms with Crippen LogP contribution in [0.3, 0.4) is 0 Å². The summed E-state index contributed by atoms with van der Waals surface area (Å²) in [5.74, 6) is -0.198. The third-order valence-electron chi connectivity index (χ3n) is 3.97. The van der Waals surface area contributed by atoms with Gasteiger partial charge in [-0.2, -0.15) is 0 Å². The van der Waals surface area contributed by atoms with Gasteiger partial charge in [-0.25, -0.2) is 14.4 Å². The van der Waals surface area contributed by atoms with Gasteiger partial charge in [0, 0.05) is 6.07 Å². The Hall–Kier alpha value is -3.81. The summed E-state index contributed by atoms with van der Waals surface area (Å²) in [7, 11) is 1.39. The summed E-state index contributed by atoms with van der Waals surface area (Å²) in [5.41, 5.74) is 1.07. The largest absolute Gasteiger partial charge is 0.493 e. The van der Waals surface area contributed by atoms with E-state index in [9.17, 15) is 9.18 Å². The van der Waals surface area contributed by atoms with Gasteiger partial charge in [0.05, 0.1) is 24.7 Å². The van der Waals surface area contributed by atoms with Gasteiger partial charge >= 0.3 is 0 Å². The Morgan fingerprint density at radius 3 is 2.61 bits per heavy atom. The minimum atomic E-state index is -0.514. The Morgan fingerprint density at radius 2 is 1.89 bits per heavy atom. The van der Waals surface area contributed by atoms with Crippen molar-refractivity contribution in [2.45, 2.75) is 0 Å². The molecule has 28 heavy (non-hydrogen) atoms. The fraction of sp³-hybridized carbons (Fsp3) is 0.100. The van der Waals surface area contributed by atoms with Crippen LogP contribution in [0.25, 0.3) is 11.0 Å². The van der Waals surface area contributed by atoms with Gasteiger partial charge in [0.15, 0.2) is 17.2 Å². The number of fused-ring (bicyclic) bond motifs is 1. The summed E-state index contributed by atoms with van der Waals surface area (Å²) in [4.78, 5) is 25.7. The molecule has 0 fully saturated rings. The predicted molar refractivity (Wildman–Crippen MR) is 101 cm³/mol. The predicted octanol–water partition coefficient (Wildman–Crippen LogP) is 3.27. The van der Waals surface area contributed by atoms with E-state index in [4.69, 9.17) is 9.47 Å². The number of benzene rings is 2. The zero-order chi connectivity index (χ0) is 19.5. The van der Waals surface area contributed by atoms with Crippen molar-refractivity contribution >= 4 is 22.8 Å². The van der Waals surface area contributed by atoms with E-state index in [0.29, 0.717) is 23.4 Å². The quantitative estimate of drug-likeness (QED) is 0.753. The second-order valence-corrected chi connectivity index (χ2v) is 5.85. The van der Waals surface area contributed by atoms with Gasteiger partial charge in [0.2, 0.25) is 0 Å². The lowest BCUT2D eigenvalue weighted by Crippen LogP contribution is -2.29. The van der Waals surface area contributed by atoms with Crippen LogP contribution in [0, 0.1) is 5.82 Å². The lowest BCUT2D eigenvalue weighted by Gasteiger charge is -2.13. The van der Waals surface area contributed by atoms with Gasteiger partial charge in [-0.1, -0.05) is 18.2 Å². The number of halogens is 1. The van der Waals surface area contributed by atoms with E-state index in [1.165, 1.54) is 25.3 Å². The topological polar surface area (TPSA) is 85.7 Å². The molecule has 1 aliphatic heterocycles. The van der Waals surface area contributed by atoms with E-state index in [0.717, 1.165) is 0 Å². The Morgan fingerprint density at radius 1 is 1.11 bits per heavy atom. The first-order valence-corrected chi connectivity index (χ1v) is 8.44. The van der Waals surface area contributed by atoms with Gasteiger partial charge < -0.3 is 14.8 Å². The normalized spacial score (nSPS) is 12.7. The molecule has 2 heterocycles. The van der Waals surface area contributed by atoms with E-state index < -0.39 is 11.7 Å². The highest BCUT2D eigenvalue weighted by Crippen LogP contribution is 2.33. The minimum Gasteiger partial charge on any atom is -0.493 e. The fourth-order valence-corrected chi connectivity index (χ4v) is 2.66. The number of amides is 1. The van der Waals surface area contributed by atoms with E-state index >= 15 is 0 Å². The summed E-state index contributed by atoms with van der Waals surface area (Å²) in [6.07, 6.45) is 3.53. The molecule has 0 atom stereocenters. The molecule has 0 bridgehead atoms. The molecule has 1 N–H and O–H groups in total. The number of ether oxygens (including phenoxy) is 2. The SMILES string of the molecule is COc1cc(F)ccc1Oc1nc2ccccc2nc1C(=O)NC1=NCC=C1. The molecular formula is C20H15FN4O3. The number of nitrogens with zero attached hydrogens (tertiary/aromatic N) is 3. The van der Waals surface area contributed by atoms with Crippen molar-refractivity contribution in [3.05, 3.63) is 66.1 Å². The monoisotopic (exact) mass is 378 g/mol. The van der Waals surface area contributed by atoms with Crippen molar-refractivity contribution in [2.24, 2.45) is 4.99 Å². The maximum atomic E-state index is 13.5. The number of hydrogen-bond donors (Lipinski definition) is 1. The zero-order valence-electron chi connectivity index (χ0n) is 14.8. The Labute approximate surface area is 159 Å². The maximum Gasteiger partial charge on any atom is 0.281 e. The van der Waals surface area contributed by atoms with E-state index in [1.807, 2.05) is 6.08 Å². The standard InChI is InChI=1S/C20H15FN4O3/c1-27-16-11-12(21)8-9-15(16)28-20-18(19(26)25-17-7-4-10-22-17)23-13-5-2-3-6-14(13)24-20/h2-9,11H,10H2,1H3,(H,22,25,26). The van der Waals surface area contributed by atoms with Gasteiger partial charge in [-0.05, 0) is 30.3 Å². The lowest BCUT2D eigenvalue weighted by atomic mass is 10.2. The fourth-order valence-electron chi connectivity index (χ4n) is 2.66. The molecule has 0 unspecified atom stereocenters. The summed E-state index contributed by atoms with van der Waals surface area (Å²) < 4.78 is 24.4. The highest BCUT2D eigenvalue weighted by Gasteiger charge is 2.21. The van der Waals surface area contributed by atoms with Crippen LogP contribution in [-0.2, 0) is 0 Å². The molecule has 8 heteroatoms. The van der Waals surface area contributed by atoms with Crippen molar-refractivity contribution in [1.29, 1.82) is 0 Å². The highest BCUT2D eigenvalue weighted by atomic mass is 19.1. The number of hydrogen-bond acceptors (Lipinski definition) is 6. The van der Waals surface area contributed by atoms with Crippen molar-refractivity contribution in [3.63, 3.8) is 0 Å². The van der Waals surface area contributed by atoms with Gasteiger partial charge in [0.1, 0.15) is 11.7 Å². The molecule has 0 saturated carbocycles. The molecule has 7 nitrogen and oxygen atoms in total. The average Bonchev–Trinajstić information content (AvgIpc) is 3.21. The van der Waals surface area contributed by atoms with Crippen LogP contribution in [-0.4, -0.2) is 35.4 Å². The van der Waals surface area contributed by atoms with Crippen LogP contribution < -0.4 is 14.8 Å². The molecule has 3 aromatic rings. The smallest absolute Gasteiger partial charge is 0.281 e. The Bertz CT molecular complexity index is 1130. The first-order valence-electron chi connectivity index (χ1n) is 8.44. The number of methoxy groups -OCH3 is 1. The third kappa shape index (κ3) is 3.52. The number of aliphatic imine (C=N–C) groups is 1. The number of carbonyl (C=O) groups is 1. The van der Waals surface area contributed by atoms with Gasteiger partial charge in [0.25, 0.3) is 11.8 Å². The molecule has 0 spiro atoms. The molecule has 0 aliphatic carbocycles. The van der Waals surface area contributed by atoms with Gasteiger partial charge in [-0.15, -0.1) is 0 Å². The van der Waals surface area contributed by atoms with Crippen LogP contribution in [0.4, 0.5) is 4.39 Å². The number of carbonyl (C=O) groups excluding carboxylic acids is 1. The van der Waals surface area contributed by atoms with Crippen LogP contribution in [0.15, 0.2) is 59.6 Å². The van der Waals surface area contributed by atoms with E-state index in [1.54, 1.807) is 30.3 Å². The summed E-state index contributed by atoms with van der Waals surface area (Å²) in [6.45, 7) is 0.509. The van der Waals surface area contributed by atoms with E-state index in [-0.39, 0.29) is 23.1 Å². The minimum absolute atomic E-state index is 0.0203. The number of aromatic nitrogens is 2. The van der Waals surface area contributed by atoms with Gasteiger partial charge in [-0.3, -0.25) is 9.79 Å². The molecule has 1 amide bonds. The second kappa shape index (κ2) is 7.43. The summed E-state index contributed by atoms with van der Waals surface area (Å²) >= 11 is 0. The maximum absolute atomic E-state index is 13.5.